The lowest BCUT2D eigenvalue weighted by Crippen LogP contribution is -2.32. The van der Waals surface area contributed by atoms with Gasteiger partial charge < -0.3 is 14.1 Å². The van der Waals surface area contributed by atoms with Gasteiger partial charge in [0.15, 0.2) is 5.76 Å². The van der Waals surface area contributed by atoms with Gasteiger partial charge in [-0.1, -0.05) is 29.8 Å². The van der Waals surface area contributed by atoms with Gasteiger partial charge in [-0.05, 0) is 23.8 Å². The molecule has 116 valence electrons. The summed E-state index contributed by atoms with van der Waals surface area (Å²) in [5.41, 5.74) is 0.800. The molecule has 1 aromatic carbocycles. The highest BCUT2D eigenvalue weighted by Crippen LogP contribution is 2.18. The number of amides is 1. The number of benzene rings is 1. The van der Waals surface area contributed by atoms with Crippen molar-refractivity contribution in [2.24, 2.45) is 0 Å². The second-order valence-electron chi connectivity index (χ2n) is 4.62. The molecule has 0 saturated heterocycles. The molecule has 0 aliphatic carbocycles. The molecule has 0 atom stereocenters. The van der Waals surface area contributed by atoms with Crippen molar-refractivity contribution in [2.75, 3.05) is 13.7 Å². The molecule has 0 bridgehead atoms. The van der Waals surface area contributed by atoms with E-state index in [1.54, 1.807) is 18.2 Å². The summed E-state index contributed by atoms with van der Waals surface area (Å²) in [6, 6.07) is 10.5. The first kappa shape index (κ1) is 16.1. The third-order valence-electron chi connectivity index (χ3n) is 3.15. The summed E-state index contributed by atoms with van der Waals surface area (Å²) < 4.78 is 9.76. The smallest absolute Gasteiger partial charge is 0.307 e. The van der Waals surface area contributed by atoms with Crippen LogP contribution in [0.25, 0.3) is 0 Å². The summed E-state index contributed by atoms with van der Waals surface area (Å²) in [6.45, 7) is 0.508. The standard InChI is InChI=1S/C16H16ClNO4/c1-21-15(19)8-9-18(16(20)14-7-4-10-22-14)11-12-5-2-3-6-13(12)17/h2-7,10H,8-9,11H2,1H3. The highest BCUT2D eigenvalue weighted by molar-refractivity contribution is 6.31. The van der Waals surface area contributed by atoms with Gasteiger partial charge in [0.2, 0.25) is 0 Å². The Morgan fingerprint density at radius 2 is 2.00 bits per heavy atom. The predicted octanol–water partition coefficient (Wildman–Crippen LogP) is 3.14. The Kier molecular flexibility index (Phi) is 5.61. The van der Waals surface area contributed by atoms with Gasteiger partial charge in [-0.15, -0.1) is 0 Å². The highest BCUT2D eigenvalue weighted by atomic mass is 35.5. The number of nitrogens with zero attached hydrogens (tertiary/aromatic N) is 1. The molecule has 0 radical (unpaired) electrons. The number of halogens is 1. The minimum atomic E-state index is -0.378. The number of hydrogen-bond donors (Lipinski definition) is 0. The number of hydrogen-bond acceptors (Lipinski definition) is 4. The predicted molar refractivity (Wildman–Crippen MR) is 81.5 cm³/mol. The van der Waals surface area contributed by atoms with E-state index in [0.717, 1.165) is 5.56 Å². The van der Waals surface area contributed by atoms with Crippen LogP contribution in [-0.4, -0.2) is 30.4 Å². The van der Waals surface area contributed by atoms with Crippen molar-refractivity contribution < 1.29 is 18.7 Å². The second-order valence-corrected chi connectivity index (χ2v) is 5.03. The van der Waals surface area contributed by atoms with Gasteiger partial charge in [0.25, 0.3) is 5.91 Å². The lowest BCUT2D eigenvalue weighted by atomic mass is 10.2. The van der Waals surface area contributed by atoms with E-state index in [1.807, 2.05) is 18.2 Å². The van der Waals surface area contributed by atoms with Crippen LogP contribution in [0.4, 0.5) is 0 Å². The fourth-order valence-corrected chi connectivity index (χ4v) is 2.16. The molecule has 0 unspecified atom stereocenters. The number of esters is 1. The highest BCUT2D eigenvalue weighted by Gasteiger charge is 2.20. The van der Waals surface area contributed by atoms with Gasteiger partial charge >= 0.3 is 5.97 Å². The zero-order valence-electron chi connectivity index (χ0n) is 12.1. The topological polar surface area (TPSA) is 59.8 Å². The Labute approximate surface area is 133 Å². The van der Waals surface area contributed by atoms with E-state index >= 15 is 0 Å². The van der Waals surface area contributed by atoms with Gasteiger partial charge in [-0.25, -0.2) is 0 Å². The van der Waals surface area contributed by atoms with Crippen LogP contribution in [0.5, 0.6) is 0 Å². The first-order valence-electron chi connectivity index (χ1n) is 6.75. The number of furan rings is 1. The minimum absolute atomic E-state index is 0.105. The third-order valence-corrected chi connectivity index (χ3v) is 3.52. The SMILES string of the molecule is COC(=O)CCN(Cc1ccccc1Cl)C(=O)c1ccco1. The zero-order valence-corrected chi connectivity index (χ0v) is 12.9. The largest absolute Gasteiger partial charge is 0.469 e. The number of carbonyl (C=O) groups is 2. The number of ether oxygens (including phenoxy) is 1. The van der Waals surface area contributed by atoms with Crippen molar-refractivity contribution in [3.8, 4) is 0 Å². The van der Waals surface area contributed by atoms with Gasteiger partial charge in [-0.3, -0.25) is 9.59 Å². The van der Waals surface area contributed by atoms with E-state index < -0.39 is 0 Å². The van der Waals surface area contributed by atoms with E-state index in [9.17, 15) is 9.59 Å². The summed E-state index contributed by atoms with van der Waals surface area (Å²) >= 11 is 6.13. The molecule has 0 N–H and O–H groups in total. The maximum atomic E-state index is 12.5. The van der Waals surface area contributed by atoms with Crippen LogP contribution in [0.3, 0.4) is 0 Å². The molecule has 5 nitrogen and oxygen atoms in total. The molecule has 0 fully saturated rings. The molecule has 2 aromatic rings. The van der Waals surface area contributed by atoms with Crippen LogP contribution >= 0.6 is 11.6 Å². The molecule has 2 rings (SSSR count). The van der Waals surface area contributed by atoms with Crippen LogP contribution in [0, 0.1) is 0 Å². The van der Waals surface area contributed by atoms with Crippen LogP contribution in [0.15, 0.2) is 47.1 Å². The van der Waals surface area contributed by atoms with E-state index in [-0.39, 0.29) is 37.1 Å². The van der Waals surface area contributed by atoms with Gasteiger partial charge in [0, 0.05) is 18.1 Å². The fraction of sp³-hybridized carbons (Fsp3) is 0.250. The lowest BCUT2D eigenvalue weighted by molar-refractivity contribution is -0.140. The Hall–Kier alpha value is -2.27. The van der Waals surface area contributed by atoms with E-state index in [4.69, 9.17) is 16.0 Å². The molecular formula is C16H16ClNO4. The average molecular weight is 322 g/mol. The zero-order chi connectivity index (χ0) is 15.9. The van der Waals surface area contributed by atoms with Gasteiger partial charge in [0.1, 0.15) is 0 Å². The first-order valence-corrected chi connectivity index (χ1v) is 7.12. The molecule has 0 saturated carbocycles. The number of rotatable bonds is 6. The average Bonchev–Trinajstić information content (AvgIpc) is 3.06. The molecule has 6 heteroatoms. The second kappa shape index (κ2) is 7.66. The van der Waals surface area contributed by atoms with Crippen molar-refractivity contribution in [1.82, 2.24) is 4.90 Å². The Morgan fingerprint density at radius 3 is 2.64 bits per heavy atom. The molecule has 0 spiro atoms. The van der Waals surface area contributed by atoms with Crippen LogP contribution in [-0.2, 0) is 16.1 Å². The van der Waals surface area contributed by atoms with Crippen molar-refractivity contribution in [3.63, 3.8) is 0 Å². The Balaban J connectivity index is 2.16. The molecule has 1 heterocycles. The molecule has 1 amide bonds. The normalized spacial score (nSPS) is 10.3. The summed E-state index contributed by atoms with van der Waals surface area (Å²) in [4.78, 5) is 25.3. The van der Waals surface area contributed by atoms with Gasteiger partial charge in [0.05, 0.1) is 19.8 Å². The Bertz CT molecular complexity index is 639. The maximum absolute atomic E-state index is 12.5. The monoisotopic (exact) mass is 321 g/mol. The molecule has 1 aromatic heterocycles. The Morgan fingerprint density at radius 1 is 1.23 bits per heavy atom. The fourth-order valence-electron chi connectivity index (χ4n) is 1.97. The molecule has 0 aliphatic rings. The van der Waals surface area contributed by atoms with Crippen LogP contribution < -0.4 is 0 Å². The molecular weight excluding hydrogens is 306 g/mol. The van der Waals surface area contributed by atoms with Gasteiger partial charge in [-0.2, -0.15) is 0 Å². The summed E-state index contributed by atoms with van der Waals surface area (Å²) in [7, 11) is 1.31. The number of carbonyl (C=O) groups excluding carboxylic acids is 2. The molecule has 0 aliphatic heterocycles. The van der Waals surface area contributed by atoms with Crippen LogP contribution in [0.1, 0.15) is 22.5 Å². The summed E-state index contributed by atoms with van der Waals surface area (Å²) in [5, 5.41) is 0.567. The summed E-state index contributed by atoms with van der Waals surface area (Å²) in [6.07, 6.45) is 1.54. The quantitative estimate of drug-likeness (QED) is 0.767. The third kappa shape index (κ3) is 4.11. The van der Waals surface area contributed by atoms with E-state index in [0.29, 0.717) is 5.02 Å². The lowest BCUT2D eigenvalue weighted by Gasteiger charge is -2.21. The number of methoxy groups -OCH3 is 1. The van der Waals surface area contributed by atoms with Crippen molar-refractivity contribution in [3.05, 3.63) is 59.0 Å². The minimum Gasteiger partial charge on any atom is -0.469 e. The van der Waals surface area contributed by atoms with E-state index in [2.05, 4.69) is 4.74 Å². The van der Waals surface area contributed by atoms with E-state index in [1.165, 1.54) is 18.3 Å². The summed E-state index contributed by atoms with van der Waals surface area (Å²) in [5.74, 6) is -0.456. The first-order chi connectivity index (χ1) is 10.6. The maximum Gasteiger partial charge on any atom is 0.307 e. The van der Waals surface area contributed by atoms with Crippen molar-refractivity contribution in [1.29, 1.82) is 0 Å². The van der Waals surface area contributed by atoms with Crippen molar-refractivity contribution >= 4 is 23.5 Å². The van der Waals surface area contributed by atoms with Crippen LogP contribution in [0.2, 0.25) is 5.02 Å². The van der Waals surface area contributed by atoms with Crippen molar-refractivity contribution in [2.45, 2.75) is 13.0 Å². The molecule has 22 heavy (non-hydrogen) atoms.